The van der Waals surface area contributed by atoms with Crippen molar-refractivity contribution in [1.82, 2.24) is 4.98 Å². The van der Waals surface area contributed by atoms with E-state index in [2.05, 4.69) is 4.98 Å². The molecule has 0 aliphatic carbocycles. The lowest BCUT2D eigenvalue weighted by Crippen LogP contribution is -1.85. The van der Waals surface area contributed by atoms with Crippen molar-refractivity contribution < 1.29 is 9.15 Å². The molecule has 0 unspecified atom stereocenters. The lowest BCUT2D eigenvalue weighted by atomic mass is 10.2. The van der Waals surface area contributed by atoms with Crippen LogP contribution >= 0.6 is 0 Å². The Morgan fingerprint density at radius 1 is 1.27 bits per heavy atom. The fraction of sp³-hybridized carbons (Fsp3) is 0.0833. The van der Waals surface area contributed by atoms with E-state index in [1.807, 2.05) is 36.4 Å². The van der Waals surface area contributed by atoms with Gasteiger partial charge in [-0.2, -0.15) is 0 Å². The highest BCUT2D eigenvalue weighted by molar-refractivity contribution is 5.70. The van der Waals surface area contributed by atoms with Crippen molar-refractivity contribution in [3.8, 4) is 5.75 Å². The SMILES string of the molecule is COc1ccccc1/C=C/c1cnco1. The van der Waals surface area contributed by atoms with Crippen LogP contribution in [0, 0.1) is 0 Å². The molecule has 3 nitrogen and oxygen atoms in total. The topological polar surface area (TPSA) is 35.3 Å². The molecule has 3 heteroatoms. The van der Waals surface area contributed by atoms with E-state index in [0.717, 1.165) is 17.1 Å². The number of benzene rings is 1. The zero-order chi connectivity index (χ0) is 10.5. The maximum atomic E-state index is 5.22. The predicted octanol–water partition coefficient (Wildman–Crippen LogP) is 2.85. The number of aromatic nitrogens is 1. The summed E-state index contributed by atoms with van der Waals surface area (Å²) in [7, 11) is 1.65. The first-order chi connectivity index (χ1) is 7.40. The quantitative estimate of drug-likeness (QED) is 0.765. The lowest BCUT2D eigenvalue weighted by Gasteiger charge is -2.02. The van der Waals surface area contributed by atoms with Crippen LogP contribution in [-0.2, 0) is 0 Å². The summed E-state index contributed by atoms with van der Waals surface area (Å²) in [4.78, 5) is 3.83. The number of hydrogen-bond acceptors (Lipinski definition) is 3. The first-order valence-corrected chi connectivity index (χ1v) is 4.60. The highest BCUT2D eigenvalue weighted by atomic mass is 16.5. The molecule has 0 saturated carbocycles. The molecule has 0 bridgehead atoms. The molecule has 0 aliphatic heterocycles. The normalized spacial score (nSPS) is 10.7. The Hall–Kier alpha value is -2.03. The zero-order valence-corrected chi connectivity index (χ0v) is 8.38. The summed E-state index contributed by atoms with van der Waals surface area (Å²) >= 11 is 0. The molecule has 0 amide bonds. The van der Waals surface area contributed by atoms with Gasteiger partial charge in [0.25, 0.3) is 0 Å². The van der Waals surface area contributed by atoms with Gasteiger partial charge < -0.3 is 9.15 Å². The summed E-state index contributed by atoms with van der Waals surface area (Å²) in [5.41, 5.74) is 1.01. The third-order valence-corrected chi connectivity index (χ3v) is 2.02. The maximum absolute atomic E-state index is 5.22. The number of nitrogens with zero attached hydrogens (tertiary/aromatic N) is 1. The van der Waals surface area contributed by atoms with Gasteiger partial charge in [-0.3, -0.25) is 0 Å². The van der Waals surface area contributed by atoms with Crippen molar-refractivity contribution in [2.45, 2.75) is 0 Å². The molecular formula is C12H11NO2. The molecule has 1 aromatic carbocycles. The van der Waals surface area contributed by atoms with Crippen molar-refractivity contribution in [2.24, 2.45) is 0 Å². The van der Waals surface area contributed by atoms with E-state index in [-0.39, 0.29) is 0 Å². The van der Waals surface area contributed by atoms with Crippen molar-refractivity contribution in [2.75, 3.05) is 7.11 Å². The van der Waals surface area contributed by atoms with Crippen LogP contribution in [0.15, 0.2) is 41.3 Å². The van der Waals surface area contributed by atoms with Crippen LogP contribution in [0.2, 0.25) is 0 Å². The Morgan fingerprint density at radius 3 is 2.87 bits per heavy atom. The predicted molar refractivity (Wildman–Crippen MR) is 58.4 cm³/mol. The van der Waals surface area contributed by atoms with E-state index in [1.165, 1.54) is 6.39 Å². The number of hydrogen-bond donors (Lipinski definition) is 0. The Labute approximate surface area is 88.0 Å². The standard InChI is InChI=1S/C12H11NO2/c1-14-12-5-3-2-4-10(12)6-7-11-8-13-9-15-11/h2-9H,1H3/b7-6+. The van der Waals surface area contributed by atoms with Gasteiger partial charge in [-0.15, -0.1) is 0 Å². The molecule has 2 aromatic rings. The van der Waals surface area contributed by atoms with E-state index in [9.17, 15) is 0 Å². The van der Waals surface area contributed by atoms with Gasteiger partial charge in [0.2, 0.25) is 0 Å². The fourth-order valence-electron chi connectivity index (χ4n) is 1.28. The van der Waals surface area contributed by atoms with Crippen molar-refractivity contribution in [1.29, 1.82) is 0 Å². The molecule has 0 radical (unpaired) electrons. The Balaban J connectivity index is 2.24. The minimum absolute atomic E-state index is 0.723. The molecule has 0 fully saturated rings. The van der Waals surface area contributed by atoms with Crippen LogP contribution in [-0.4, -0.2) is 12.1 Å². The molecule has 15 heavy (non-hydrogen) atoms. The summed E-state index contributed by atoms with van der Waals surface area (Å²) in [6.45, 7) is 0. The summed E-state index contributed by atoms with van der Waals surface area (Å²) < 4.78 is 10.3. The van der Waals surface area contributed by atoms with E-state index in [4.69, 9.17) is 9.15 Å². The van der Waals surface area contributed by atoms with Gasteiger partial charge in [0.05, 0.1) is 13.3 Å². The summed E-state index contributed by atoms with van der Waals surface area (Å²) in [5, 5.41) is 0. The largest absolute Gasteiger partial charge is 0.496 e. The average Bonchev–Trinajstić information content (AvgIpc) is 2.79. The molecular weight excluding hydrogens is 190 g/mol. The molecule has 1 heterocycles. The van der Waals surface area contributed by atoms with Gasteiger partial charge in [0, 0.05) is 5.56 Å². The summed E-state index contributed by atoms with van der Waals surface area (Å²) in [5.74, 6) is 1.56. The number of rotatable bonds is 3. The molecule has 0 aliphatic rings. The summed E-state index contributed by atoms with van der Waals surface area (Å²) in [6, 6.07) is 7.79. The van der Waals surface area contributed by atoms with Gasteiger partial charge in [0.1, 0.15) is 11.5 Å². The number of oxazole rings is 1. The lowest BCUT2D eigenvalue weighted by molar-refractivity contribution is 0.414. The number of methoxy groups -OCH3 is 1. The van der Waals surface area contributed by atoms with Crippen molar-refractivity contribution in [3.05, 3.63) is 48.2 Å². The number of ether oxygens (including phenoxy) is 1. The molecule has 2 rings (SSSR count). The van der Waals surface area contributed by atoms with Crippen LogP contribution in [0.3, 0.4) is 0 Å². The van der Waals surface area contributed by atoms with Crippen LogP contribution in [0.4, 0.5) is 0 Å². The molecule has 1 aromatic heterocycles. The molecule has 76 valence electrons. The molecule has 0 atom stereocenters. The first kappa shape index (κ1) is 9.52. The van der Waals surface area contributed by atoms with E-state index < -0.39 is 0 Å². The van der Waals surface area contributed by atoms with Crippen molar-refractivity contribution >= 4 is 12.2 Å². The second kappa shape index (κ2) is 4.46. The van der Waals surface area contributed by atoms with Crippen LogP contribution in [0.1, 0.15) is 11.3 Å². The second-order valence-electron chi connectivity index (χ2n) is 2.98. The monoisotopic (exact) mass is 201 g/mol. The average molecular weight is 201 g/mol. The second-order valence-corrected chi connectivity index (χ2v) is 2.98. The fourth-order valence-corrected chi connectivity index (χ4v) is 1.28. The minimum atomic E-state index is 0.723. The van der Waals surface area contributed by atoms with Gasteiger partial charge in [-0.25, -0.2) is 4.98 Å². The van der Waals surface area contributed by atoms with Crippen molar-refractivity contribution in [3.63, 3.8) is 0 Å². The Bertz CT molecular complexity index is 446. The van der Waals surface area contributed by atoms with Crippen LogP contribution in [0.25, 0.3) is 12.2 Å². The highest BCUT2D eigenvalue weighted by Crippen LogP contribution is 2.19. The minimum Gasteiger partial charge on any atom is -0.496 e. The van der Waals surface area contributed by atoms with Gasteiger partial charge >= 0.3 is 0 Å². The van der Waals surface area contributed by atoms with Gasteiger partial charge in [-0.05, 0) is 18.2 Å². The third kappa shape index (κ3) is 2.26. The summed E-state index contributed by atoms with van der Waals surface area (Å²) in [6.07, 6.45) is 6.85. The van der Waals surface area contributed by atoms with Crippen LogP contribution < -0.4 is 4.74 Å². The van der Waals surface area contributed by atoms with Gasteiger partial charge in [0.15, 0.2) is 6.39 Å². The van der Waals surface area contributed by atoms with Crippen LogP contribution in [0.5, 0.6) is 5.75 Å². The van der Waals surface area contributed by atoms with E-state index in [1.54, 1.807) is 13.3 Å². The zero-order valence-electron chi connectivity index (χ0n) is 8.38. The number of para-hydroxylation sites is 1. The first-order valence-electron chi connectivity index (χ1n) is 4.60. The van der Waals surface area contributed by atoms with E-state index >= 15 is 0 Å². The Kier molecular flexibility index (Phi) is 2.83. The van der Waals surface area contributed by atoms with Gasteiger partial charge in [-0.1, -0.05) is 18.2 Å². The molecule has 0 spiro atoms. The maximum Gasteiger partial charge on any atom is 0.181 e. The highest BCUT2D eigenvalue weighted by Gasteiger charge is 1.97. The Morgan fingerprint density at radius 2 is 2.13 bits per heavy atom. The smallest absolute Gasteiger partial charge is 0.181 e. The van der Waals surface area contributed by atoms with E-state index in [0.29, 0.717) is 0 Å². The third-order valence-electron chi connectivity index (χ3n) is 2.02. The molecule has 0 saturated heterocycles. The molecule has 0 N–H and O–H groups in total.